The van der Waals surface area contributed by atoms with Crippen LogP contribution in [-0.2, 0) is 4.79 Å². The lowest BCUT2D eigenvalue weighted by Crippen LogP contribution is -2.45. The van der Waals surface area contributed by atoms with E-state index in [-0.39, 0.29) is 12.5 Å². The summed E-state index contributed by atoms with van der Waals surface area (Å²) in [4.78, 5) is 12.5. The maximum atomic E-state index is 12.5. The van der Waals surface area contributed by atoms with Gasteiger partial charge in [0.1, 0.15) is 0 Å². The second-order valence-electron chi connectivity index (χ2n) is 18.3. The molecule has 2 atom stereocenters. The minimum atomic E-state index is -0.660. The number of rotatable bonds is 49. The van der Waals surface area contributed by atoms with Crippen LogP contribution in [0.15, 0.2) is 60.8 Å². The molecule has 356 valence electrons. The zero-order chi connectivity index (χ0) is 44.2. The second kappa shape index (κ2) is 52.4. The molecule has 0 fully saturated rings. The van der Waals surface area contributed by atoms with Crippen LogP contribution in [0.5, 0.6) is 0 Å². The number of amides is 1. The van der Waals surface area contributed by atoms with E-state index in [0.717, 1.165) is 57.8 Å². The summed E-state index contributed by atoms with van der Waals surface area (Å²) < 4.78 is 0. The van der Waals surface area contributed by atoms with Crippen molar-refractivity contribution < 1.29 is 15.0 Å². The van der Waals surface area contributed by atoms with Crippen molar-refractivity contribution in [2.45, 2.75) is 289 Å². The summed E-state index contributed by atoms with van der Waals surface area (Å²) in [6, 6.07) is -0.537. The van der Waals surface area contributed by atoms with E-state index in [9.17, 15) is 15.0 Å². The smallest absolute Gasteiger partial charge is 0.220 e. The van der Waals surface area contributed by atoms with E-state index in [1.54, 1.807) is 0 Å². The average molecular weight is 852 g/mol. The summed E-state index contributed by atoms with van der Waals surface area (Å²) in [5, 5.41) is 23.3. The highest BCUT2D eigenvalue weighted by atomic mass is 16.3. The van der Waals surface area contributed by atoms with Crippen molar-refractivity contribution in [1.29, 1.82) is 0 Å². The standard InChI is InChI=1S/C57H105NO3/c1-3-5-7-9-11-13-15-17-19-21-22-23-24-25-26-27-28-29-30-31-32-33-34-35-36-37-39-41-43-45-47-49-51-53-57(61)58-55(54-59)56(60)52-50-48-46-44-42-40-38-20-18-16-14-12-10-8-6-4-2/h5,7,11,13,17,19,22-23,25-26,55-56,59-60H,3-4,6,8-10,12,14-16,18,20-21,24,27-54H2,1-2H3,(H,58,61)/b7-5-,13-11-,19-17-,23-22-,26-25-. The zero-order valence-corrected chi connectivity index (χ0v) is 40.9. The maximum absolute atomic E-state index is 12.5. The fraction of sp³-hybridized carbons (Fsp3) is 0.807. The van der Waals surface area contributed by atoms with Crippen LogP contribution in [0.25, 0.3) is 0 Å². The molecular formula is C57H105NO3. The zero-order valence-electron chi connectivity index (χ0n) is 40.9. The number of nitrogens with one attached hydrogen (secondary N) is 1. The highest BCUT2D eigenvalue weighted by Crippen LogP contribution is 2.17. The van der Waals surface area contributed by atoms with Gasteiger partial charge in [-0.05, 0) is 57.8 Å². The molecule has 0 saturated heterocycles. The van der Waals surface area contributed by atoms with Gasteiger partial charge in [0.15, 0.2) is 0 Å². The van der Waals surface area contributed by atoms with Gasteiger partial charge in [0.2, 0.25) is 5.91 Å². The first-order valence-corrected chi connectivity index (χ1v) is 27.0. The van der Waals surface area contributed by atoms with Gasteiger partial charge < -0.3 is 15.5 Å². The van der Waals surface area contributed by atoms with Gasteiger partial charge >= 0.3 is 0 Å². The van der Waals surface area contributed by atoms with Crippen LogP contribution >= 0.6 is 0 Å². The first-order chi connectivity index (χ1) is 30.2. The average Bonchev–Trinajstić information content (AvgIpc) is 3.26. The van der Waals surface area contributed by atoms with Crippen LogP contribution in [0.4, 0.5) is 0 Å². The minimum absolute atomic E-state index is 0.0295. The third-order valence-corrected chi connectivity index (χ3v) is 12.3. The summed E-state index contributed by atoms with van der Waals surface area (Å²) in [5.41, 5.74) is 0. The lowest BCUT2D eigenvalue weighted by Gasteiger charge is -2.22. The molecule has 0 aliphatic heterocycles. The third kappa shape index (κ3) is 49.0. The Morgan fingerprint density at radius 1 is 0.410 bits per heavy atom. The van der Waals surface area contributed by atoms with E-state index in [4.69, 9.17) is 0 Å². The predicted molar refractivity (Wildman–Crippen MR) is 271 cm³/mol. The SMILES string of the molecule is CC/C=C\C/C=C\C/C=C\C/C=C\C/C=C\CCCCCCCCCCCCCCCCCCCC(=O)NC(CO)C(O)CCCCCCCCCCCCCCCCCC. The van der Waals surface area contributed by atoms with E-state index in [0.29, 0.717) is 12.8 Å². The summed E-state index contributed by atoms with van der Waals surface area (Å²) in [6.45, 7) is 4.26. The number of unbranched alkanes of at least 4 members (excludes halogenated alkanes) is 32. The van der Waals surface area contributed by atoms with Gasteiger partial charge in [0.25, 0.3) is 0 Å². The Hall–Kier alpha value is -1.91. The first kappa shape index (κ1) is 59.1. The second-order valence-corrected chi connectivity index (χ2v) is 18.3. The summed E-state index contributed by atoms with van der Waals surface area (Å²) in [7, 11) is 0. The van der Waals surface area contributed by atoms with Crippen LogP contribution in [0, 0.1) is 0 Å². The monoisotopic (exact) mass is 852 g/mol. The molecule has 1 amide bonds. The van der Waals surface area contributed by atoms with Crippen LogP contribution in [0.2, 0.25) is 0 Å². The number of aliphatic hydroxyl groups excluding tert-OH is 2. The molecule has 0 bridgehead atoms. The van der Waals surface area contributed by atoms with Crippen LogP contribution in [-0.4, -0.2) is 34.9 Å². The normalized spacial score (nSPS) is 13.3. The van der Waals surface area contributed by atoms with Gasteiger partial charge in [0.05, 0.1) is 18.8 Å². The van der Waals surface area contributed by atoms with E-state index >= 15 is 0 Å². The Morgan fingerprint density at radius 2 is 0.721 bits per heavy atom. The molecule has 0 aromatic rings. The third-order valence-electron chi connectivity index (χ3n) is 12.3. The van der Waals surface area contributed by atoms with Gasteiger partial charge in [-0.1, -0.05) is 274 Å². The molecule has 0 aromatic carbocycles. The van der Waals surface area contributed by atoms with Gasteiger partial charge in [-0.15, -0.1) is 0 Å². The molecule has 61 heavy (non-hydrogen) atoms. The molecule has 0 radical (unpaired) electrons. The Labute approximate surface area is 381 Å². The topological polar surface area (TPSA) is 69.6 Å². The minimum Gasteiger partial charge on any atom is -0.394 e. The van der Waals surface area contributed by atoms with Gasteiger partial charge in [-0.2, -0.15) is 0 Å². The molecule has 0 aromatic heterocycles. The fourth-order valence-corrected chi connectivity index (χ4v) is 8.21. The number of allylic oxidation sites excluding steroid dienone is 10. The van der Waals surface area contributed by atoms with Crippen LogP contribution in [0.1, 0.15) is 277 Å². The van der Waals surface area contributed by atoms with E-state index < -0.39 is 12.1 Å². The van der Waals surface area contributed by atoms with E-state index in [1.807, 2.05) is 0 Å². The van der Waals surface area contributed by atoms with Gasteiger partial charge in [-0.25, -0.2) is 0 Å². The van der Waals surface area contributed by atoms with E-state index in [1.165, 1.54) is 193 Å². The number of carbonyl (C=O) groups is 1. The highest BCUT2D eigenvalue weighted by molar-refractivity contribution is 5.76. The molecule has 0 saturated carbocycles. The number of hydrogen-bond acceptors (Lipinski definition) is 3. The molecule has 4 nitrogen and oxygen atoms in total. The quantitative estimate of drug-likeness (QED) is 0.0422. The summed E-state index contributed by atoms with van der Waals surface area (Å²) in [6.07, 6.45) is 73.4. The molecule has 0 aliphatic carbocycles. The van der Waals surface area contributed by atoms with Crippen molar-refractivity contribution in [3.05, 3.63) is 60.8 Å². The Bertz CT molecular complexity index is 1010. The largest absolute Gasteiger partial charge is 0.394 e. The number of hydrogen-bond donors (Lipinski definition) is 3. The van der Waals surface area contributed by atoms with Gasteiger partial charge in [-0.3, -0.25) is 4.79 Å². The molecule has 0 aliphatic rings. The predicted octanol–water partition coefficient (Wildman–Crippen LogP) is 17.6. The maximum Gasteiger partial charge on any atom is 0.220 e. The highest BCUT2D eigenvalue weighted by Gasteiger charge is 2.20. The fourth-order valence-electron chi connectivity index (χ4n) is 8.21. The van der Waals surface area contributed by atoms with Crippen LogP contribution < -0.4 is 5.32 Å². The molecule has 0 heterocycles. The molecule has 2 unspecified atom stereocenters. The molecule has 3 N–H and O–H groups in total. The summed E-state index contributed by atoms with van der Waals surface area (Å²) in [5.74, 6) is -0.0295. The van der Waals surface area contributed by atoms with Crippen molar-refractivity contribution in [1.82, 2.24) is 5.32 Å². The van der Waals surface area contributed by atoms with Crippen LogP contribution in [0.3, 0.4) is 0 Å². The van der Waals surface area contributed by atoms with Crippen molar-refractivity contribution >= 4 is 5.91 Å². The van der Waals surface area contributed by atoms with Crippen molar-refractivity contribution in [2.75, 3.05) is 6.61 Å². The lowest BCUT2D eigenvalue weighted by atomic mass is 10.0. The van der Waals surface area contributed by atoms with E-state index in [2.05, 4.69) is 79.9 Å². The van der Waals surface area contributed by atoms with Crippen molar-refractivity contribution in [3.8, 4) is 0 Å². The number of carbonyl (C=O) groups excluding carboxylic acids is 1. The molecule has 0 rings (SSSR count). The Balaban J connectivity index is 3.45. The Kier molecular flexibility index (Phi) is 50.8. The lowest BCUT2D eigenvalue weighted by molar-refractivity contribution is -0.123. The summed E-state index contributed by atoms with van der Waals surface area (Å²) >= 11 is 0. The van der Waals surface area contributed by atoms with Crippen molar-refractivity contribution in [3.63, 3.8) is 0 Å². The first-order valence-electron chi connectivity index (χ1n) is 27.0. The molecule has 0 spiro atoms. The van der Waals surface area contributed by atoms with Crippen molar-refractivity contribution in [2.24, 2.45) is 0 Å². The Morgan fingerprint density at radius 3 is 1.08 bits per heavy atom. The number of aliphatic hydroxyl groups is 2. The molecule has 4 heteroatoms. The van der Waals surface area contributed by atoms with Gasteiger partial charge in [0, 0.05) is 6.42 Å². The molecular weight excluding hydrogens is 747 g/mol.